The van der Waals surface area contributed by atoms with Crippen molar-refractivity contribution in [1.29, 1.82) is 0 Å². The van der Waals surface area contributed by atoms with Gasteiger partial charge in [-0.15, -0.1) is 11.8 Å². The van der Waals surface area contributed by atoms with Gasteiger partial charge in [-0.1, -0.05) is 30.3 Å². The van der Waals surface area contributed by atoms with E-state index in [-0.39, 0.29) is 18.5 Å². The molecule has 1 heterocycles. The van der Waals surface area contributed by atoms with E-state index in [1.165, 1.54) is 16.7 Å². The van der Waals surface area contributed by atoms with Crippen LogP contribution in [0.4, 0.5) is 0 Å². The predicted octanol–water partition coefficient (Wildman–Crippen LogP) is 0.838. The van der Waals surface area contributed by atoms with Gasteiger partial charge in [0, 0.05) is 11.9 Å². The molecule has 1 saturated heterocycles. The zero-order valence-electron chi connectivity index (χ0n) is 13.6. The van der Waals surface area contributed by atoms with Crippen LogP contribution in [-0.4, -0.2) is 57.8 Å². The molecule has 0 bridgehead atoms. The number of nitrogens with zero attached hydrogens (tertiary/aromatic N) is 1. The Morgan fingerprint density at radius 1 is 1.40 bits per heavy atom. The lowest BCUT2D eigenvalue weighted by Gasteiger charge is -2.38. The van der Waals surface area contributed by atoms with E-state index in [0.29, 0.717) is 6.42 Å². The van der Waals surface area contributed by atoms with E-state index in [1.807, 2.05) is 30.3 Å². The lowest BCUT2D eigenvalue weighted by Crippen LogP contribution is -2.52. The highest BCUT2D eigenvalue weighted by Gasteiger charge is 2.40. The largest absolute Gasteiger partial charge is 0.480 e. The van der Waals surface area contributed by atoms with Gasteiger partial charge >= 0.3 is 5.97 Å². The maximum atomic E-state index is 12.7. The fourth-order valence-corrected chi connectivity index (χ4v) is 5.43. The van der Waals surface area contributed by atoms with Crippen molar-refractivity contribution in [3.8, 4) is 0 Å². The van der Waals surface area contributed by atoms with Crippen LogP contribution in [0.1, 0.15) is 17.4 Å². The molecule has 1 amide bonds. The molecular weight excluding hydrogens is 365 g/mol. The smallest absolute Gasteiger partial charge is 0.323 e. The van der Waals surface area contributed by atoms with Gasteiger partial charge in [-0.3, -0.25) is 14.2 Å². The number of amides is 1. The summed E-state index contributed by atoms with van der Waals surface area (Å²) in [6.45, 7) is -0.192. The number of hydrogen-bond acceptors (Lipinski definition) is 5. The molecule has 2 rings (SSSR count). The SMILES string of the molecule is NCCCP(=O)(O)NC1CS[C@H](c2ccccc2)N(CC(=O)O)C1=O. The van der Waals surface area contributed by atoms with Crippen molar-refractivity contribution in [2.24, 2.45) is 5.73 Å². The Kier molecular flexibility index (Phi) is 7.04. The Balaban J connectivity index is 2.17. The Hall–Kier alpha value is -1.38. The van der Waals surface area contributed by atoms with E-state index in [2.05, 4.69) is 5.09 Å². The van der Waals surface area contributed by atoms with Crippen LogP contribution in [0.2, 0.25) is 0 Å². The van der Waals surface area contributed by atoms with E-state index < -0.39 is 37.4 Å². The Morgan fingerprint density at radius 2 is 2.08 bits per heavy atom. The first kappa shape index (κ1) is 19.9. The monoisotopic (exact) mass is 387 g/mol. The molecule has 0 aromatic heterocycles. The average Bonchev–Trinajstić information content (AvgIpc) is 2.57. The third-order valence-electron chi connectivity index (χ3n) is 3.70. The number of carboxylic acid groups (broad SMARTS) is 1. The molecule has 0 aliphatic carbocycles. The maximum Gasteiger partial charge on any atom is 0.323 e. The predicted molar refractivity (Wildman–Crippen MR) is 96.3 cm³/mol. The minimum absolute atomic E-state index is 0.0288. The van der Waals surface area contributed by atoms with Crippen LogP contribution >= 0.6 is 19.3 Å². The van der Waals surface area contributed by atoms with Crippen LogP contribution in [0.15, 0.2) is 30.3 Å². The molecule has 1 aliphatic rings. The fourth-order valence-electron chi connectivity index (χ4n) is 2.57. The van der Waals surface area contributed by atoms with Gasteiger partial charge < -0.3 is 20.6 Å². The summed E-state index contributed by atoms with van der Waals surface area (Å²) >= 11 is 1.37. The van der Waals surface area contributed by atoms with Gasteiger partial charge in [0.2, 0.25) is 5.91 Å². The zero-order chi connectivity index (χ0) is 18.4. The molecule has 138 valence electrons. The summed E-state index contributed by atoms with van der Waals surface area (Å²) in [5.41, 5.74) is 6.17. The number of benzene rings is 1. The van der Waals surface area contributed by atoms with Gasteiger partial charge in [-0.05, 0) is 18.5 Å². The summed E-state index contributed by atoms with van der Waals surface area (Å²) in [4.78, 5) is 35.1. The van der Waals surface area contributed by atoms with Crippen molar-refractivity contribution in [3.05, 3.63) is 35.9 Å². The van der Waals surface area contributed by atoms with E-state index >= 15 is 0 Å². The molecule has 1 aromatic carbocycles. The molecule has 10 heteroatoms. The number of carboxylic acids is 1. The molecular formula is C15H22N3O5PS. The van der Waals surface area contributed by atoms with Gasteiger partial charge in [0.05, 0.1) is 0 Å². The summed E-state index contributed by atoms with van der Waals surface area (Å²) in [7, 11) is -3.71. The van der Waals surface area contributed by atoms with Gasteiger partial charge in [0.1, 0.15) is 18.0 Å². The van der Waals surface area contributed by atoms with E-state index in [9.17, 15) is 19.0 Å². The Bertz CT molecular complexity index is 660. The molecule has 1 fully saturated rings. The van der Waals surface area contributed by atoms with Gasteiger partial charge in [0.15, 0.2) is 0 Å². The second kappa shape index (κ2) is 8.82. The lowest BCUT2D eigenvalue weighted by atomic mass is 10.2. The highest BCUT2D eigenvalue weighted by molar-refractivity contribution is 7.99. The Morgan fingerprint density at radius 3 is 2.68 bits per heavy atom. The van der Waals surface area contributed by atoms with Crippen LogP contribution in [0, 0.1) is 0 Å². The van der Waals surface area contributed by atoms with Crippen molar-refractivity contribution < 1.29 is 24.2 Å². The summed E-state index contributed by atoms with van der Waals surface area (Å²) in [5, 5.41) is 11.2. The molecule has 8 nitrogen and oxygen atoms in total. The average molecular weight is 387 g/mol. The topological polar surface area (TPSA) is 133 Å². The molecule has 1 aliphatic heterocycles. The van der Waals surface area contributed by atoms with Crippen LogP contribution in [-0.2, 0) is 14.2 Å². The molecule has 0 saturated carbocycles. The Labute approximate surface area is 150 Å². The van der Waals surface area contributed by atoms with Crippen molar-refractivity contribution >= 4 is 31.2 Å². The van der Waals surface area contributed by atoms with Crippen LogP contribution in [0.25, 0.3) is 0 Å². The number of hydrogen-bond donors (Lipinski definition) is 4. The minimum Gasteiger partial charge on any atom is -0.480 e. The molecule has 3 atom stereocenters. The van der Waals surface area contributed by atoms with Crippen LogP contribution in [0.3, 0.4) is 0 Å². The molecule has 0 spiro atoms. The minimum atomic E-state index is -3.71. The second-order valence-electron chi connectivity index (χ2n) is 5.71. The second-order valence-corrected chi connectivity index (χ2v) is 8.93. The van der Waals surface area contributed by atoms with Crippen molar-refractivity contribution in [1.82, 2.24) is 9.99 Å². The normalized spacial score (nSPS) is 23.3. The van der Waals surface area contributed by atoms with Gasteiger partial charge in [-0.2, -0.15) is 0 Å². The highest BCUT2D eigenvalue weighted by atomic mass is 32.2. The summed E-state index contributed by atoms with van der Waals surface area (Å²) in [5.74, 6) is -1.34. The number of nitrogens with two attached hydrogens (primary N) is 1. The summed E-state index contributed by atoms with van der Waals surface area (Å²) in [6.07, 6.45) is 0.333. The van der Waals surface area contributed by atoms with E-state index in [1.54, 1.807) is 0 Å². The van der Waals surface area contributed by atoms with Crippen LogP contribution in [0.5, 0.6) is 0 Å². The summed E-state index contributed by atoms with van der Waals surface area (Å²) in [6, 6.07) is 8.22. The van der Waals surface area contributed by atoms with E-state index in [0.717, 1.165) is 5.56 Å². The molecule has 25 heavy (non-hydrogen) atoms. The van der Waals surface area contributed by atoms with E-state index in [4.69, 9.17) is 10.8 Å². The number of thioether (sulfide) groups is 1. The van der Waals surface area contributed by atoms with Gasteiger partial charge in [-0.25, -0.2) is 5.09 Å². The highest BCUT2D eigenvalue weighted by Crippen LogP contribution is 2.42. The standard InChI is InChI=1S/C15H22N3O5PS/c16-7-4-8-24(22,23)17-12-10-25-15(11-5-2-1-3-6-11)18(14(12)21)9-13(19)20/h1-3,5-6,12,15H,4,7-10,16H2,(H,19,20)(H2,17,22,23)/t12?,15-/m1/s1. The van der Waals surface area contributed by atoms with Crippen molar-refractivity contribution in [2.75, 3.05) is 25.0 Å². The van der Waals surface area contributed by atoms with Crippen molar-refractivity contribution in [3.63, 3.8) is 0 Å². The quantitative estimate of drug-likeness (QED) is 0.482. The number of nitrogens with one attached hydrogen (secondary N) is 1. The van der Waals surface area contributed by atoms with Crippen LogP contribution < -0.4 is 10.8 Å². The molecule has 1 aromatic rings. The lowest BCUT2D eigenvalue weighted by molar-refractivity contribution is -0.145. The molecule has 0 radical (unpaired) electrons. The third-order valence-corrected chi connectivity index (χ3v) is 6.70. The third kappa shape index (κ3) is 5.55. The number of carbonyl (C=O) groups is 2. The summed E-state index contributed by atoms with van der Waals surface area (Å²) < 4.78 is 12.2. The zero-order valence-corrected chi connectivity index (χ0v) is 15.3. The molecule has 5 N–H and O–H groups in total. The maximum absolute atomic E-state index is 12.7. The molecule has 2 unspecified atom stereocenters. The first-order valence-electron chi connectivity index (χ1n) is 7.82. The number of carbonyl (C=O) groups excluding carboxylic acids is 1. The fraction of sp³-hybridized carbons (Fsp3) is 0.467. The van der Waals surface area contributed by atoms with Gasteiger partial charge in [0.25, 0.3) is 7.52 Å². The number of rotatable bonds is 8. The first-order chi connectivity index (χ1) is 11.8. The van der Waals surface area contributed by atoms with Crippen molar-refractivity contribution in [2.45, 2.75) is 17.8 Å². The first-order valence-corrected chi connectivity index (χ1v) is 10.7. The number of aliphatic carboxylic acids is 1.